The van der Waals surface area contributed by atoms with Crippen LogP contribution in [0.15, 0.2) is 164 Å². The molecule has 3 heterocycles. The molecule has 0 spiro atoms. The van der Waals surface area contributed by atoms with Crippen molar-refractivity contribution in [3.8, 4) is 0 Å². The third kappa shape index (κ3) is 3.60. The minimum Gasteiger partial charge on any atom is -0.0702 e. The van der Waals surface area contributed by atoms with Crippen molar-refractivity contribution >= 4 is 26.1 Å². The molecule has 1 fully saturated rings. The zero-order valence-electron chi connectivity index (χ0n) is 22.2. The van der Waals surface area contributed by atoms with Gasteiger partial charge < -0.3 is 0 Å². The lowest BCUT2D eigenvalue weighted by Gasteiger charge is -2.41. The predicted octanol–water partition coefficient (Wildman–Crippen LogP) is 11.0. The van der Waals surface area contributed by atoms with E-state index >= 15 is 0 Å². The fourth-order valence-corrected chi connectivity index (χ4v) is 19.6. The van der Waals surface area contributed by atoms with Crippen molar-refractivity contribution in [1.82, 2.24) is 0 Å². The van der Waals surface area contributed by atoms with Gasteiger partial charge in [0, 0.05) is 22.4 Å². The lowest BCUT2D eigenvalue weighted by atomic mass is 9.78. The first-order chi connectivity index (χ1) is 19.9. The summed E-state index contributed by atoms with van der Waals surface area (Å²) < 4.78 is 0. The zero-order chi connectivity index (χ0) is 26.5. The maximum atomic E-state index is 2.75. The lowest BCUT2D eigenvalue weighted by Crippen LogP contribution is -2.27. The molecule has 1 saturated heterocycles. The molecular formula is C38H30P2. The van der Waals surface area contributed by atoms with Gasteiger partial charge in [0.25, 0.3) is 0 Å². The second kappa shape index (κ2) is 9.82. The molecule has 192 valence electrons. The van der Waals surface area contributed by atoms with E-state index in [2.05, 4.69) is 164 Å². The maximum Gasteiger partial charge on any atom is 0.0462 e. The highest BCUT2D eigenvalue weighted by Crippen LogP contribution is 3.04. The van der Waals surface area contributed by atoms with E-state index in [9.17, 15) is 0 Å². The summed E-state index contributed by atoms with van der Waals surface area (Å²) in [6.45, 7) is 0. The van der Waals surface area contributed by atoms with Gasteiger partial charge in [0.2, 0.25) is 0 Å². The number of hydrogen-bond donors (Lipinski definition) is 0. The quantitative estimate of drug-likeness (QED) is 0.192. The molecule has 0 aromatic heterocycles. The van der Waals surface area contributed by atoms with E-state index in [1.54, 1.807) is 5.31 Å². The third-order valence-electron chi connectivity index (χ3n) is 8.89. The van der Waals surface area contributed by atoms with Crippen LogP contribution in [0, 0.1) is 5.92 Å². The first kappa shape index (κ1) is 24.3. The molecule has 6 atom stereocenters. The van der Waals surface area contributed by atoms with Crippen molar-refractivity contribution in [1.29, 1.82) is 0 Å². The Hall–Kier alpha value is -3.56. The summed E-state index contributed by atoms with van der Waals surface area (Å²) in [5, 5.41) is 1.63. The second-order valence-electron chi connectivity index (χ2n) is 11.0. The molecule has 0 amide bonds. The van der Waals surface area contributed by atoms with Crippen LogP contribution in [0.2, 0.25) is 0 Å². The number of benzene rings is 5. The zero-order valence-corrected chi connectivity index (χ0v) is 24.0. The first-order valence-electron chi connectivity index (χ1n) is 14.2. The SMILES string of the molecule is C1=C(c2ccccc2)C(c2ccccc2)P2[P@@]3C(c4ccccc4)=C[C@@H](C3c3ccccc3)[C@]12c1ccccc1. The Balaban J connectivity index is 1.43. The summed E-state index contributed by atoms with van der Waals surface area (Å²) >= 11 is 0. The highest BCUT2D eigenvalue weighted by atomic mass is 32.1. The topological polar surface area (TPSA) is 0 Å². The molecule has 5 aromatic rings. The molecule has 0 radical (unpaired) electrons. The van der Waals surface area contributed by atoms with Gasteiger partial charge in [-0.1, -0.05) is 164 Å². The number of hydrogen-bond acceptors (Lipinski definition) is 0. The Morgan fingerprint density at radius 2 is 1.00 bits per heavy atom. The molecule has 0 saturated carbocycles. The van der Waals surface area contributed by atoms with E-state index in [4.69, 9.17) is 0 Å². The van der Waals surface area contributed by atoms with Gasteiger partial charge >= 0.3 is 0 Å². The summed E-state index contributed by atoms with van der Waals surface area (Å²) in [5.41, 5.74) is 9.70. The highest BCUT2D eigenvalue weighted by molar-refractivity contribution is 8.35. The smallest absolute Gasteiger partial charge is 0.0462 e. The van der Waals surface area contributed by atoms with Crippen LogP contribution in [-0.2, 0) is 5.16 Å². The molecule has 3 aliphatic rings. The Morgan fingerprint density at radius 1 is 0.500 bits per heavy atom. The van der Waals surface area contributed by atoms with Crippen LogP contribution < -0.4 is 0 Å². The fourth-order valence-electron chi connectivity index (χ4n) is 7.31. The molecule has 0 nitrogen and oxygen atoms in total. The monoisotopic (exact) mass is 548 g/mol. The average molecular weight is 549 g/mol. The van der Waals surface area contributed by atoms with Crippen molar-refractivity contribution in [2.75, 3.05) is 0 Å². The minimum absolute atomic E-state index is 0.00671. The normalized spacial score (nSPS) is 28.1. The summed E-state index contributed by atoms with van der Waals surface area (Å²) in [6.07, 6.45) is 5.46. The van der Waals surface area contributed by atoms with E-state index in [1.807, 2.05) is 0 Å². The summed E-state index contributed by atoms with van der Waals surface area (Å²) in [4.78, 5) is 0. The van der Waals surface area contributed by atoms with Gasteiger partial charge in [0.05, 0.1) is 0 Å². The summed E-state index contributed by atoms with van der Waals surface area (Å²) in [7, 11) is -0.959. The van der Waals surface area contributed by atoms with E-state index in [-0.39, 0.29) is 5.16 Å². The van der Waals surface area contributed by atoms with Crippen LogP contribution in [0.4, 0.5) is 0 Å². The Morgan fingerprint density at radius 3 is 1.60 bits per heavy atom. The van der Waals surface area contributed by atoms with Crippen molar-refractivity contribution in [2.45, 2.75) is 16.5 Å². The fraction of sp³-hybridized carbons (Fsp3) is 0.105. The Bertz CT molecular complexity index is 1690. The lowest BCUT2D eigenvalue weighted by molar-refractivity contribution is 0.540. The molecule has 5 aromatic carbocycles. The van der Waals surface area contributed by atoms with Crippen molar-refractivity contribution in [3.05, 3.63) is 192 Å². The van der Waals surface area contributed by atoms with Gasteiger partial charge in [-0.25, -0.2) is 0 Å². The maximum absolute atomic E-state index is 2.75. The van der Waals surface area contributed by atoms with Crippen LogP contribution in [0.1, 0.15) is 39.1 Å². The number of rotatable bonds is 5. The van der Waals surface area contributed by atoms with Gasteiger partial charge in [0.15, 0.2) is 0 Å². The minimum atomic E-state index is -0.492. The second-order valence-corrected chi connectivity index (χ2v) is 17.2. The summed E-state index contributed by atoms with van der Waals surface area (Å²) in [6, 6.07) is 56.8. The molecule has 2 bridgehead atoms. The molecule has 0 N–H and O–H groups in total. The van der Waals surface area contributed by atoms with Crippen molar-refractivity contribution < 1.29 is 0 Å². The van der Waals surface area contributed by atoms with Crippen LogP contribution >= 0.6 is 15.2 Å². The van der Waals surface area contributed by atoms with E-state index in [0.717, 1.165) is 0 Å². The Labute approximate surface area is 239 Å². The van der Waals surface area contributed by atoms with Crippen LogP contribution in [-0.4, -0.2) is 0 Å². The van der Waals surface area contributed by atoms with Gasteiger partial charge in [-0.2, -0.15) is 0 Å². The molecule has 40 heavy (non-hydrogen) atoms. The van der Waals surface area contributed by atoms with E-state index < -0.39 is 15.2 Å². The third-order valence-corrected chi connectivity index (χ3v) is 18.4. The van der Waals surface area contributed by atoms with Gasteiger partial charge in [-0.15, -0.1) is 0 Å². The van der Waals surface area contributed by atoms with E-state index in [0.29, 0.717) is 17.2 Å². The first-order valence-corrected chi connectivity index (χ1v) is 17.7. The van der Waals surface area contributed by atoms with Crippen molar-refractivity contribution in [2.24, 2.45) is 5.92 Å². The van der Waals surface area contributed by atoms with Crippen LogP contribution in [0.5, 0.6) is 0 Å². The largest absolute Gasteiger partial charge is 0.0702 e. The molecule has 0 aliphatic carbocycles. The van der Waals surface area contributed by atoms with Gasteiger partial charge in [-0.3, -0.25) is 0 Å². The standard InChI is InChI=1S/C38H30P2/c1-6-16-28(17-7-1)33-27-38(32-24-14-5-15-25-32)34-26-35(29-18-8-2-9-19-29)39(37(34)31-22-12-4-13-23-31)40(38)36(33)30-20-10-3-11-21-30/h1-27,34,36-37H/t34-,36?,37?,38+,39-,40?/m0/s1. The molecule has 3 unspecified atom stereocenters. The molecule has 8 rings (SSSR count). The van der Waals surface area contributed by atoms with Gasteiger partial charge in [0.1, 0.15) is 0 Å². The van der Waals surface area contributed by atoms with Crippen LogP contribution in [0.25, 0.3) is 10.9 Å². The number of allylic oxidation sites excluding steroid dienone is 3. The van der Waals surface area contributed by atoms with Crippen LogP contribution in [0.3, 0.4) is 0 Å². The summed E-state index contributed by atoms with van der Waals surface area (Å²) in [5.74, 6) is 0.428. The van der Waals surface area contributed by atoms with Gasteiger partial charge in [-0.05, 0) is 53.9 Å². The molecular weight excluding hydrogens is 518 g/mol. The highest BCUT2D eigenvalue weighted by Gasteiger charge is 2.68. The molecule has 2 heteroatoms. The average Bonchev–Trinajstić information content (AvgIpc) is 3.69. The van der Waals surface area contributed by atoms with Crippen molar-refractivity contribution in [3.63, 3.8) is 0 Å². The Kier molecular flexibility index (Phi) is 5.95. The molecule has 3 aliphatic heterocycles. The number of fused-ring (bicyclic) bond motifs is 5. The van der Waals surface area contributed by atoms with E-state index in [1.165, 1.54) is 33.4 Å². The predicted molar refractivity (Wildman–Crippen MR) is 173 cm³/mol.